The highest BCUT2D eigenvalue weighted by Crippen LogP contribution is 2.48. The molecule has 2 aromatic carbocycles. The quantitative estimate of drug-likeness (QED) is 0.0783. The molecule has 7 fully saturated rings. The Morgan fingerprint density at radius 1 is 0.641 bits per heavy atom. The lowest BCUT2D eigenvalue weighted by Crippen LogP contribution is -2.60. The van der Waals surface area contributed by atoms with Crippen molar-refractivity contribution in [3.63, 3.8) is 0 Å². The van der Waals surface area contributed by atoms with Gasteiger partial charge < -0.3 is 55.3 Å². The highest BCUT2D eigenvalue weighted by Gasteiger charge is 2.65. The molecule has 6 N–H and O–H groups in total. The smallest absolute Gasteiger partial charge is 0.408 e. The Balaban J connectivity index is 0.000000203. The lowest BCUT2D eigenvalue weighted by molar-refractivity contribution is -0.146. The molecule has 0 radical (unpaired) electrons. The van der Waals surface area contributed by atoms with Gasteiger partial charge in [-0.3, -0.25) is 28.7 Å². The summed E-state index contributed by atoms with van der Waals surface area (Å²) in [4.78, 5) is 123. The molecular formula is C65H83Cl2N9O15S. The molecule has 2 spiro atoms. The number of rotatable bonds is 18. The molecule has 27 heteroatoms. The fourth-order valence-electron chi connectivity index (χ4n) is 13.5. The number of sulfonamides is 1. The summed E-state index contributed by atoms with van der Waals surface area (Å²) in [5.41, 5.74) is -3.96. The first-order valence-electron chi connectivity index (χ1n) is 31.6. The largest absolute Gasteiger partial charge is 0.479 e. The Bertz CT molecular complexity index is 3490. The molecule has 11 rings (SSSR count). The number of nitrogens with zero attached hydrogens (tertiary/aromatic N) is 4. The third-order valence-corrected chi connectivity index (χ3v) is 21.4. The van der Waals surface area contributed by atoms with Crippen LogP contribution in [0.2, 0.25) is 10.0 Å². The lowest BCUT2D eigenvalue weighted by Gasteiger charge is -2.35. The summed E-state index contributed by atoms with van der Waals surface area (Å²) in [5.74, 6) is -5.23. The third-order valence-electron chi connectivity index (χ3n) is 19.1. The molecule has 92 heavy (non-hydrogen) atoms. The monoisotopic (exact) mass is 1330 g/mol. The van der Waals surface area contributed by atoms with Crippen molar-refractivity contribution in [1.82, 2.24) is 35.8 Å². The molecule has 498 valence electrons. The minimum Gasteiger partial charge on any atom is -0.479 e. The lowest BCUT2D eigenvalue weighted by atomic mass is 9.85. The number of carbonyl (C=O) groups excluding carboxylic acids is 7. The van der Waals surface area contributed by atoms with Crippen molar-refractivity contribution in [2.75, 3.05) is 13.1 Å². The number of halogens is 2. The van der Waals surface area contributed by atoms with E-state index in [0.29, 0.717) is 40.7 Å². The zero-order valence-electron chi connectivity index (χ0n) is 52.7. The number of oxime groups is 2. The van der Waals surface area contributed by atoms with Crippen molar-refractivity contribution in [2.24, 2.45) is 33.0 Å². The number of ether oxygens (including phenoxy) is 2. The molecule has 7 amide bonds. The molecule has 4 aliphatic heterocycles. The Kier molecular flexibility index (Phi) is 19.1. The average molecular weight is 1330 g/mol. The summed E-state index contributed by atoms with van der Waals surface area (Å²) < 4.78 is 38.7. The SMILES string of the molecule is C=C[C@@H]1C[C@]1(NC(=O)[C@@H]1C[C@]2(CC(c3cccc(Cl)c3)=NO2)CN1C(=O)[C@@H](NC(=O)OC1CCCC1)C(C)(C)C)C(=O)NS(=O)(=O)C1CC1.C=C[C@@H]1C[C@]1(NC(=O)[C@@H]1C[C@]2(CC(c3cccc(Cl)c3)=NO2)CN1C(=O)[C@@H](NC(=O)OC1CCCC1)C(C)(C)C)C(=O)O. The second kappa shape index (κ2) is 25.9. The van der Waals surface area contributed by atoms with Crippen LogP contribution in [0.5, 0.6) is 0 Å². The number of nitrogens with one attached hydrogen (secondary N) is 5. The molecule has 0 aromatic heterocycles. The van der Waals surface area contributed by atoms with Crippen LogP contribution in [0.1, 0.15) is 155 Å². The maximum absolute atomic E-state index is 14.5. The second-order valence-corrected chi connectivity index (χ2v) is 31.2. The number of carboxylic acid groups (broad SMARTS) is 1. The molecular weight excluding hydrogens is 1250 g/mol. The van der Waals surface area contributed by atoms with Crippen LogP contribution in [0.25, 0.3) is 0 Å². The van der Waals surface area contributed by atoms with Crippen LogP contribution >= 0.6 is 23.2 Å². The zero-order chi connectivity index (χ0) is 66.5. The van der Waals surface area contributed by atoms with Gasteiger partial charge in [0.2, 0.25) is 33.7 Å². The fourth-order valence-corrected chi connectivity index (χ4v) is 15.2. The van der Waals surface area contributed by atoms with E-state index in [1.54, 1.807) is 57.2 Å². The van der Waals surface area contributed by atoms with E-state index >= 15 is 0 Å². The first kappa shape index (κ1) is 67.6. The first-order chi connectivity index (χ1) is 43.3. The van der Waals surface area contributed by atoms with Gasteiger partial charge >= 0.3 is 18.2 Å². The van der Waals surface area contributed by atoms with Crippen LogP contribution in [0.4, 0.5) is 9.59 Å². The van der Waals surface area contributed by atoms with E-state index in [0.717, 1.165) is 62.5 Å². The zero-order valence-corrected chi connectivity index (χ0v) is 55.1. The van der Waals surface area contributed by atoms with E-state index in [2.05, 4.69) is 49.5 Å². The van der Waals surface area contributed by atoms with Crippen LogP contribution in [0.15, 0.2) is 84.2 Å². The van der Waals surface area contributed by atoms with Gasteiger partial charge in [-0.2, -0.15) is 0 Å². The van der Waals surface area contributed by atoms with E-state index in [1.807, 2.05) is 32.9 Å². The molecule has 4 heterocycles. The average Bonchev–Trinajstić information content (AvgIpc) is 1.58. The van der Waals surface area contributed by atoms with Gasteiger partial charge in [-0.05, 0) is 112 Å². The maximum Gasteiger partial charge on any atom is 0.408 e. The van der Waals surface area contributed by atoms with E-state index < -0.39 is 132 Å². The Morgan fingerprint density at radius 3 is 1.40 bits per heavy atom. The minimum atomic E-state index is -3.89. The van der Waals surface area contributed by atoms with E-state index in [4.69, 9.17) is 42.4 Å². The number of amides is 7. The van der Waals surface area contributed by atoms with Crippen molar-refractivity contribution in [3.8, 4) is 0 Å². The number of benzene rings is 2. The number of hydrogen-bond acceptors (Lipinski definition) is 16. The molecule has 0 unspecified atom stereocenters. The van der Waals surface area contributed by atoms with Gasteiger partial charge in [0, 0.05) is 58.7 Å². The standard InChI is InChI=1S/C34H44ClN5O8S.C31H39ClN4O7/c1-5-21-16-34(21,30(43)39-49(45,46)24-13-14-24)37-28(41)26-18-33(17-25(38-48-33)20-9-8-10-22(35)15-20)19-40(26)29(42)27(32(2,3)4)36-31(44)47-23-11-6-7-12-23;1-5-19-14-31(19,27(39)40)34-25(37)23-16-30(15-22(35-43-30)18-9-8-10-20(32)13-18)17-36(23)26(38)24(29(2,3)4)33-28(41)42-21-11-6-7-12-21/h5,8-10,15,21,23-24,26-27H,1,6-7,11-14,16-19H2,2-4H3,(H,36,44)(H,37,41)(H,39,43);5,8-10,13,19,21,23-24H,1,6-7,11-12,14-17H2,2-4H3,(H,33,41)(H,34,37)(H,39,40)/t21-,26+,27-,33-,34-;19-,23+,24-,30-,31-/m11/s1. The topological polar surface area (TPSA) is 319 Å². The molecule has 0 bridgehead atoms. The molecule has 2 aromatic rings. The highest BCUT2D eigenvalue weighted by atomic mass is 35.5. The van der Waals surface area contributed by atoms with Gasteiger partial charge in [-0.15, -0.1) is 13.2 Å². The van der Waals surface area contributed by atoms with Gasteiger partial charge in [-0.25, -0.2) is 22.8 Å². The van der Waals surface area contributed by atoms with Crippen molar-refractivity contribution in [2.45, 2.75) is 208 Å². The molecule has 10 atom stereocenters. The highest BCUT2D eigenvalue weighted by molar-refractivity contribution is 7.91. The van der Waals surface area contributed by atoms with Crippen molar-refractivity contribution >= 4 is 92.3 Å². The summed E-state index contributed by atoms with van der Waals surface area (Å²) in [7, 11) is -3.89. The Labute approximate surface area is 545 Å². The van der Waals surface area contributed by atoms with Gasteiger partial charge in [-0.1, -0.05) is 111 Å². The number of aliphatic carboxylic acids is 1. The summed E-state index contributed by atoms with van der Waals surface area (Å²) in [6.07, 6.45) is 10.1. The van der Waals surface area contributed by atoms with Gasteiger partial charge in [0.1, 0.15) is 47.5 Å². The van der Waals surface area contributed by atoms with Gasteiger partial charge in [0.25, 0.3) is 5.91 Å². The summed E-state index contributed by atoms with van der Waals surface area (Å²) in [6.45, 7) is 18.3. The van der Waals surface area contributed by atoms with Crippen LogP contribution in [-0.4, -0.2) is 159 Å². The molecule has 5 saturated carbocycles. The van der Waals surface area contributed by atoms with E-state index in [1.165, 1.54) is 22.0 Å². The van der Waals surface area contributed by atoms with Crippen molar-refractivity contribution in [3.05, 3.63) is 95.0 Å². The molecule has 2 saturated heterocycles. The van der Waals surface area contributed by atoms with Crippen molar-refractivity contribution in [1.29, 1.82) is 0 Å². The molecule has 9 aliphatic rings. The third kappa shape index (κ3) is 14.6. The number of hydrogen-bond donors (Lipinski definition) is 6. The number of carboxylic acids is 1. The minimum absolute atomic E-state index is 0.00831. The normalized spacial score (nSPS) is 28.9. The Morgan fingerprint density at radius 2 is 1.04 bits per heavy atom. The van der Waals surface area contributed by atoms with E-state index in [9.17, 15) is 51.9 Å². The van der Waals surface area contributed by atoms with Crippen LogP contribution in [0, 0.1) is 22.7 Å². The van der Waals surface area contributed by atoms with Crippen LogP contribution in [0.3, 0.4) is 0 Å². The fraction of sp³-hybridized carbons (Fsp3) is 0.600. The van der Waals surface area contributed by atoms with E-state index in [-0.39, 0.29) is 57.4 Å². The second-order valence-electron chi connectivity index (χ2n) is 28.4. The maximum atomic E-state index is 14.5. The van der Waals surface area contributed by atoms with Gasteiger partial charge in [0.15, 0.2) is 11.2 Å². The summed E-state index contributed by atoms with van der Waals surface area (Å²) in [6, 6.07) is 9.95. The predicted octanol–water partition coefficient (Wildman–Crippen LogP) is 7.59. The molecule has 5 aliphatic carbocycles. The summed E-state index contributed by atoms with van der Waals surface area (Å²) in [5, 5.41) is 30.0. The molecule has 24 nitrogen and oxygen atoms in total. The van der Waals surface area contributed by atoms with Crippen LogP contribution < -0.4 is 26.0 Å². The Hall–Kier alpha value is -7.25. The summed E-state index contributed by atoms with van der Waals surface area (Å²) >= 11 is 12.4. The first-order valence-corrected chi connectivity index (χ1v) is 33.9. The number of alkyl carbamates (subject to hydrolysis) is 2. The van der Waals surface area contributed by atoms with Gasteiger partial charge in [0.05, 0.1) is 29.8 Å². The number of likely N-dealkylation sites (tertiary alicyclic amines) is 2. The van der Waals surface area contributed by atoms with Crippen LogP contribution in [-0.2, 0) is 57.9 Å². The predicted molar refractivity (Wildman–Crippen MR) is 339 cm³/mol. The number of carbonyl (C=O) groups is 8. The van der Waals surface area contributed by atoms with Crippen molar-refractivity contribution < 1.29 is 71.0 Å².